The van der Waals surface area contributed by atoms with E-state index in [1.54, 1.807) is 32.7 Å². The number of hydrogen-bond acceptors (Lipinski definition) is 5. The standard InChI is InChI=1S/C24H24FN5O3/c25-17-9-7-16(8-10-17)22(31)28-12-14-29(15-13-28)23(32)20-24(33)30(18-4-1-2-5-18)21-19(27-20)6-3-11-26-21/h3,6-11,18H,1-2,4-5,12-15H2. The van der Waals surface area contributed by atoms with Gasteiger partial charge in [-0.25, -0.2) is 14.4 Å². The zero-order chi connectivity index (χ0) is 22.9. The molecule has 0 unspecified atom stereocenters. The lowest BCUT2D eigenvalue weighted by Crippen LogP contribution is -2.51. The van der Waals surface area contributed by atoms with Crippen molar-refractivity contribution in [1.82, 2.24) is 24.3 Å². The summed E-state index contributed by atoms with van der Waals surface area (Å²) in [7, 11) is 0. The maximum Gasteiger partial charge on any atom is 0.284 e. The molecule has 1 saturated carbocycles. The SMILES string of the molecule is O=C(c1ccc(F)cc1)N1CCN(C(=O)c2nc3cccnc3n(C3CCCC3)c2=O)CC1. The molecular formula is C24H24FN5O3. The molecule has 1 saturated heterocycles. The number of pyridine rings is 1. The third-order valence-corrected chi connectivity index (χ3v) is 6.49. The highest BCUT2D eigenvalue weighted by molar-refractivity contribution is 5.95. The van der Waals surface area contributed by atoms with E-state index in [-0.39, 0.29) is 17.6 Å². The predicted molar refractivity (Wildman–Crippen MR) is 120 cm³/mol. The van der Waals surface area contributed by atoms with Crippen molar-refractivity contribution in [3.05, 3.63) is 70.0 Å². The Bertz CT molecular complexity index is 1260. The van der Waals surface area contributed by atoms with Gasteiger partial charge in [-0.05, 0) is 49.2 Å². The van der Waals surface area contributed by atoms with Crippen LogP contribution in [-0.2, 0) is 0 Å². The van der Waals surface area contributed by atoms with Crippen LogP contribution in [0.25, 0.3) is 11.2 Å². The van der Waals surface area contributed by atoms with Crippen molar-refractivity contribution in [3.63, 3.8) is 0 Å². The summed E-state index contributed by atoms with van der Waals surface area (Å²) >= 11 is 0. The van der Waals surface area contributed by atoms with Gasteiger partial charge in [0.15, 0.2) is 11.3 Å². The second kappa shape index (κ2) is 8.73. The number of piperazine rings is 1. The van der Waals surface area contributed by atoms with Gasteiger partial charge in [0, 0.05) is 44.0 Å². The van der Waals surface area contributed by atoms with Crippen LogP contribution in [0.1, 0.15) is 52.6 Å². The number of benzene rings is 1. The lowest BCUT2D eigenvalue weighted by Gasteiger charge is -2.34. The molecule has 33 heavy (non-hydrogen) atoms. The molecule has 3 heterocycles. The van der Waals surface area contributed by atoms with Gasteiger partial charge in [0.2, 0.25) is 0 Å². The number of rotatable bonds is 3. The van der Waals surface area contributed by atoms with Crippen molar-refractivity contribution in [2.75, 3.05) is 26.2 Å². The summed E-state index contributed by atoms with van der Waals surface area (Å²) in [5.41, 5.74) is 0.945. The Balaban J connectivity index is 1.37. The summed E-state index contributed by atoms with van der Waals surface area (Å²) in [4.78, 5) is 51.3. The van der Waals surface area contributed by atoms with E-state index >= 15 is 0 Å². The fraction of sp³-hybridized carbons (Fsp3) is 0.375. The molecule has 1 aromatic carbocycles. The number of carbonyl (C=O) groups is 2. The summed E-state index contributed by atoms with van der Waals surface area (Å²) in [6.45, 7) is 1.24. The van der Waals surface area contributed by atoms with Gasteiger partial charge in [-0.15, -0.1) is 0 Å². The molecule has 2 aliphatic rings. The Labute approximate surface area is 189 Å². The molecule has 1 aliphatic heterocycles. The summed E-state index contributed by atoms with van der Waals surface area (Å²) < 4.78 is 14.8. The van der Waals surface area contributed by atoms with Crippen molar-refractivity contribution in [2.24, 2.45) is 0 Å². The molecule has 0 radical (unpaired) electrons. The molecule has 2 fully saturated rings. The van der Waals surface area contributed by atoms with Crippen LogP contribution in [0.15, 0.2) is 47.4 Å². The fourth-order valence-electron chi connectivity index (χ4n) is 4.72. The highest BCUT2D eigenvalue weighted by atomic mass is 19.1. The van der Waals surface area contributed by atoms with Crippen molar-refractivity contribution < 1.29 is 14.0 Å². The minimum absolute atomic E-state index is 0.0228. The molecule has 170 valence electrons. The van der Waals surface area contributed by atoms with Crippen LogP contribution in [0.2, 0.25) is 0 Å². The fourth-order valence-corrected chi connectivity index (χ4v) is 4.72. The van der Waals surface area contributed by atoms with Crippen LogP contribution in [-0.4, -0.2) is 62.3 Å². The first-order valence-electron chi connectivity index (χ1n) is 11.2. The molecule has 9 heteroatoms. The predicted octanol–water partition coefficient (Wildman–Crippen LogP) is 2.64. The molecule has 5 rings (SSSR count). The normalized spacial score (nSPS) is 17.0. The molecule has 2 aromatic heterocycles. The molecule has 1 aliphatic carbocycles. The molecule has 0 N–H and O–H groups in total. The number of carbonyl (C=O) groups excluding carboxylic acids is 2. The van der Waals surface area contributed by atoms with E-state index in [1.165, 1.54) is 24.3 Å². The molecule has 0 spiro atoms. The van der Waals surface area contributed by atoms with Crippen LogP contribution >= 0.6 is 0 Å². The number of nitrogens with zero attached hydrogens (tertiary/aromatic N) is 5. The second-order valence-corrected chi connectivity index (χ2v) is 8.51. The Morgan fingerprint density at radius 2 is 1.55 bits per heavy atom. The lowest BCUT2D eigenvalue weighted by molar-refractivity contribution is 0.0531. The van der Waals surface area contributed by atoms with Crippen LogP contribution in [0.3, 0.4) is 0 Å². The zero-order valence-corrected chi connectivity index (χ0v) is 18.1. The van der Waals surface area contributed by atoms with Gasteiger partial charge < -0.3 is 9.80 Å². The maximum absolute atomic E-state index is 13.4. The average molecular weight is 449 g/mol. The number of amides is 2. The van der Waals surface area contributed by atoms with Crippen LogP contribution in [0, 0.1) is 5.82 Å². The molecule has 3 aromatic rings. The minimum atomic E-state index is -0.425. The highest BCUT2D eigenvalue weighted by Gasteiger charge is 2.30. The molecule has 0 bridgehead atoms. The smallest absolute Gasteiger partial charge is 0.284 e. The quantitative estimate of drug-likeness (QED) is 0.613. The number of halogens is 1. The summed E-state index contributed by atoms with van der Waals surface area (Å²) in [6, 6.07) is 8.94. The van der Waals surface area contributed by atoms with E-state index in [0.717, 1.165) is 25.7 Å². The highest BCUT2D eigenvalue weighted by Crippen LogP contribution is 2.30. The summed E-state index contributed by atoms with van der Waals surface area (Å²) in [5.74, 6) is -1.03. The van der Waals surface area contributed by atoms with Gasteiger partial charge in [0.05, 0.1) is 0 Å². The number of aromatic nitrogens is 3. The van der Waals surface area contributed by atoms with Crippen LogP contribution in [0.5, 0.6) is 0 Å². The van der Waals surface area contributed by atoms with Gasteiger partial charge in [-0.3, -0.25) is 19.0 Å². The van der Waals surface area contributed by atoms with E-state index in [4.69, 9.17) is 0 Å². The Morgan fingerprint density at radius 3 is 2.21 bits per heavy atom. The van der Waals surface area contributed by atoms with E-state index in [9.17, 15) is 18.8 Å². The largest absolute Gasteiger partial charge is 0.335 e. The third kappa shape index (κ3) is 3.99. The first kappa shape index (κ1) is 21.2. The molecule has 8 nitrogen and oxygen atoms in total. The molecule has 2 amide bonds. The van der Waals surface area contributed by atoms with Crippen LogP contribution < -0.4 is 5.56 Å². The topological polar surface area (TPSA) is 88.4 Å². The Morgan fingerprint density at radius 1 is 0.909 bits per heavy atom. The summed E-state index contributed by atoms with van der Waals surface area (Å²) in [6.07, 6.45) is 5.48. The van der Waals surface area contributed by atoms with Crippen molar-refractivity contribution in [2.45, 2.75) is 31.7 Å². The van der Waals surface area contributed by atoms with Gasteiger partial charge in [0.1, 0.15) is 11.3 Å². The van der Waals surface area contributed by atoms with Crippen molar-refractivity contribution >= 4 is 23.0 Å². The van der Waals surface area contributed by atoms with Crippen molar-refractivity contribution in [3.8, 4) is 0 Å². The first-order chi connectivity index (χ1) is 16.0. The number of fused-ring (bicyclic) bond motifs is 1. The first-order valence-corrected chi connectivity index (χ1v) is 11.2. The number of hydrogen-bond donors (Lipinski definition) is 0. The van der Waals surface area contributed by atoms with Crippen LogP contribution in [0.4, 0.5) is 4.39 Å². The van der Waals surface area contributed by atoms with E-state index < -0.39 is 17.3 Å². The Hall–Kier alpha value is -3.62. The molecular weight excluding hydrogens is 425 g/mol. The summed E-state index contributed by atoms with van der Waals surface area (Å²) in [5, 5.41) is 0. The van der Waals surface area contributed by atoms with Gasteiger partial charge in [0.25, 0.3) is 17.4 Å². The van der Waals surface area contributed by atoms with Crippen molar-refractivity contribution in [1.29, 1.82) is 0 Å². The third-order valence-electron chi connectivity index (χ3n) is 6.49. The van der Waals surface area contributed by atoms with Gasteiger partial charge in [-0.2, -0.15) is 0 Å². The second-order valence-electron chi connectivity index (χ2n) is 8.51. The maximum atomic E-state index is 13.4. The van der Waals surface area contributed by atoms with E-state index in [1.807, 2.05) is 0 Å². The zero-order valence-electron chi connectivity index (χ0n) is 18.1. The van der Waals surface area contributed by atoms with E-state index in [0.29, 0.717) is 42.9 Å². The minimum Gasteiger partial charge on any atom is -0.335 e. The average Bonchev–Trinajstić information content (AvgIpc) is 3.38. The molecule has 0 atom stereocenters. The monoisotopic (exact) mass is 449 g/mol. The van der Waals surface area contributed by atoms with Gasteiger partial charge >= 0.3 is 0 Å². The van der Waals surface area contributed by atoms with E-state index in [2.05, 4.69) is 9.97 Å². The Kier molecular flexibility index (Phi) is 5.62. The van der Waals surface area contributed by atoms with Gasteiger partial charge in [-0.1, -0.05) is 12.8 Å². The lowest BCUT2D eigenvalue weighted by atomic mass is 10.1.